The first kappa shape index (κ1) is 34.4. The Bertz CT molecular complexity index is 1670. The van der Waals surface area contributed by atoms with Crippen molar-refractivity contribution in [1.29, 1.82) is 0 Å². The van der Waals surface area contributed by atoms with E-state index in [0.29, 0.717) is 50.9 Å². The molecular weight excluding hydrogens is 645 g/mol. The number of H-pyrrole nitrogens is 1. The standard InChI is InChI=1S/C35H44ClF3N6O3/c1-40-32-27(35(37,38)39)19-22(20-28(32)36)18-25(33(47)44-14-8-24(9-15-44)23-6-12-41-13-7-23)21-31(46)43-16-10-26(11-17-43)45-30-5-3-2-4-29(30)42-34(45)48/h2-5,19-20,23-26,40-41H,6-18,21H2,1H3,(H,42,48)/t25-/m0/s1. The molecule has 6 rings (SSSR count). The maximum atomic E-state index is 14.1. The minimum Gasteiger partial charge on any atom is -0.386 e. The Kier molecular flexibility index (Phi) is 10.4. The molecule has 0 unspecified atom stereocenters. The Balaban J connectivity index is 1.17. The number of para-hydroxylation sites is 2. The van der Waals surface area contributed by atoms with Crippen molar-refractivity contribution in [2.45, 2.75) is 63.6 Å². The first-order chi connectivity index (χ1) is 23.0. The molecule has 0 spiro atoms. The zero-order valence-electron chi connectivity index (χ0n) is 27.3. The molecular formula is C35H44ClF3N6O3. The maximum Gasteiger partial charge on any atom is 0.418 e. The molecule has 3 aliphatic heterocycles. The number of piperidine rings is 3. The number of hydrogen-bond acceptors (Lipinski definition) is 5. The summed E-state index contributed by atoms with van der Waals surface area (Å²) in [6.07, 6.45) is 0.389. The lowest BCUT2D eigenvalue weighted by atomic mass is 9.79. The number of nitrogens with one attached hydrogen (secondary N) is 3. The Hall–Kier alpha value is -3.51. The molecule has 0 aliphatic carbocycles. The number of anilines is 1. The minimum atomic E-state index is -4.65. The molecule has 3 aliphatic rings. The summed E-state index contributed by atoms with van der Waals surface area (Å²) in [5.74, 6) is -0.0622. The van der Waals surface area contributed by atoms with Crippen molar-refractivity contribution in [3.05, 3.63) is 63.0 Å². The van der Waals surface area contributed by atoms with Crippen LogP contribution in [-0.4, -0.2) is 77.5 Å². The zero-order chi connectivity index (χ0) is 34.0. The van der Waals surface area contributed by atoms with E-state index in [1.54, 1.807) is 14.4 Å². The van der Waals surface area contributed by atoms with Crippen LogP contribution in [-0.2, 0) is 22.2 Å². The van der Waals surface area contributed by atoms with Crippen LogP contribution in [0.25, 0.3) is 11.0 Å². The van der Waals surface area contributed by atoms with Crippen LogP contribution in [0.4, 0.5) is 18.9 Å². The van der Waals surface area contributed by atoms with Crippen molar-refractivity contribution in [3.8, 4) is 0 Å². The molecule has 9 nitrogen and oxygen atoms in total. The van der Waals surface area contributed by atoms with E-state index in [1.165, 1.54) is 13.1 Å². The SMILES string of the molecule is CNc1c(Cl)cc(C[C@@H](CC(=O)N2CCC(n3c(=O)[nH]c4ccccc43)CC2)C(=O)N2CCC(C3CCNCC3)CC2)cc1C(F)(F)F. The van der Waals surface area contributed by atoms with Crippen LogP contribution < -0.4 is 16.3 Å². The number of amides is 2. The van der Waals surface area contributed by atoms with Gasteiger partial charge in [0, 0.05) is 45.7 Å². The number of halogens is 4. The van der Waals surface area contributed by atoms with Crippen LogP contribution in [0.2, 0.25) is 5.02 Å². The Morgan fingerprint density at radius 3 is 2.27 bits per heavy atom. The van der Waals surface area contributed by atoms with Crippen molar-refractivity contribution in [2.75, 3.05) is 51.6 Å². The van der Waals surface area contributed by atoms with E-state index in [1.807, 2.05) is 24.3 Å². The third kappa shape index (κ3) is 7.39. The van der Waals surface area contributed by atoms with Gasteiger partial charge in [0.25, 0.3) is 0 Å². The number of hydrogen-bond donors (Lipinski definition) is 3. The summed E-state index contributed by atoms with van der Waals surface area (Å²) in [6.45, 7) is 4.02. The summed E-state index contributed by atoms with van der Waals surface area (Å²) >= 11 is 6.31. The predicted molar refractivity (Wildman–Crippen MR) is 180 cm³/mol. The average molecular weight is 689 g/mol. The number of aromatic amines is 1. The number of rotatable bonds is 8. The fourth-order valence-corrected chi connectivity index (χ4v) is 8.44. The predicted octanol–water partition coefficient (Wildman–Crippen LogP) is 5.69. The third-order valence-corrected chi connectivity index (χ3v) is 11.0. The van der Waals surface area contributed by atoms with Crippen LogP contribution in [0.3, 0.4) is 0 Å². The maximum absolute atomic E-state index is 14.1. The number of aromatic nitrogens is 2. The monoisotopic (exact) mass is 688 g/mol. The van der Waals surface area contributed by atoms with E-state index in [-0.39, 0.29) is 52.7 Å². The molecule has 3 aromatic rings. The van der Waals surface area contributed by atoms with E-state index >= 15 is 0 Å². The highest BCUT2D eigenvalue weighted by molar-refractivity contribution is 6.33. The summed E-state index contributed by atoms with van der Waals surface area (Å²) in [6, 6.07) is 9.92. The van der Waals surface area contributed by atoms with Gasteiger partial charge in [-0.05, 0) is 99.7 Å². The molecule has 3 saturated heterocycles. The molecule has 0 bridgehead atoms. The molecule has 1 atom stereocenters. The number of nitrogens with zero attached hydrogens (tertiary/aromatic N) is 3. The Morgan fingerprint density at radius 2 is 1.60 bits per heavy atom. The Morgan fingerprint density at radius 1 is 0.958 bits per heavy atom. The van der Waals surface area contributed by atoms with Gasteiger partial charge >= 0.3 is 11.9 Å². The van der Waals surface area contributed by atoms with E-state index in [4.69, 9.17) is 11.6 Å². The molecule has 2 aromatic carbocycles. The summed E-state index contributed by atoms with van der Waals surface area (Å²) in [7, 11) is 1.38. The van der Waals surface area contributed by atoms with Gasteiger partial charge < -0.3 is 25.4 Å². The molecule has 3 fully saturated rings. The summed E-state index contributed by atoms with van der Waals surface area (Å²) in [5.41, 5.74) is 0.546. The van der Waals surface area contributed by atoms with Gasteiger partial charge in [-0.25, -0.2) is 4.79 Å². The lowest BCUT2D eigenvalue weighted by Gasteiger charge is -2.39. The lowest BCUT2D eigenvalue weighted by Crippen LogP contribution is -2.46. The van der Waals surface area contributed by atoms with Gasteiger partial charge in [0.15, 0.2) is 0 Å². The zero-order valence-corrected chi connectivity index (χ0v) is 28.0. The average Bonchev–Trinajstić information content (AvgIpc) is 3.43. The molecule has 3 N–H and O–H groups in total. The summed E-state index contributed by atoms with van der Waals surface area (Å²) in [5, 5.41) is 5.86. The summed E-state index contributed by atoms with van der Waals surface area (Å²) < 4.78 is 43.8. The molecule has 2 amide bonds. The van der Waals surface area contributed by atoms with Gasteiger partial charge in [-0.1, -0.05) is 23.7 Å². The number of benzene rings is 2. The van der Waals surface area contributed by atoms with Gasteiger partial charge in [0.05, 0.1) is 33.2 Å². The molecule has 13 heteroatoms. The highest BCUT2D eigenvalue weighted by atomic mass is 35.5. The topological polar surface area (TPSA) is 102 Å². The lowest BCUT2D eigenvalue weighted by molar-refractivity contribution is -0.143. The van der Waals surface area contributed by atoms with E-state index < -0.39 is 17.7 Å². The first-order valence-corrected chi connectivity index (χ1v) is 17.4. The fraction of sp³-hybridized carbons (Fsp3) is 0.571. The van der Waals surface area contributed by atoms with E-state index in [9.17, 15) is 27.6 Å². The van der Waals surface area contributed by atoms with Crippen LogP contribution in [0, 0.1) is 17.8 Å². The van der Waals surface area contributed by atoms with E-state index in [0.717, 1.165) is 55.9 Å². The van der Waals surface area contributed by atoms with Gasteiger partial charge in [-0.15, -0.1) is 0 Å². The quantitative estimate of drug-likeness (QED) is 0.282. The second-order valence-corrected chi connectivity index (χ2v) is 13.9. The highest BCUT2D eigenvalue weighted by Gasteiger charge is 2.37. The number of alkyl halides is 3. The second-order valence-electron chi connectivity index (χ2n) is 13.5. The van der Waals surface area contributed by atoms with Gasteiger partial charge in [0.1, 0.15) is 0 Å². The van der Waals surface area contributed by atoms with Crippen molar-refractivity contribution in [3.63, 3.8) is 0 Å². The van der Waals surface area contributed by atoms with Gasteiger partial charge in [-0.2, -0.15) is 13.2 Å². The molecule has 48 heavy (non-hydrogen) atoms. The number of carbonyl (C=O) groups excluding carboxylic acids is 2. The van der Waals surface area contributed by atoms with Crippen LogP contribution >= 0.6 is 11.6 Å². The largest absolute Gasteiger partial charge is 0.418 e. The van der Waals surface area contributed by atoms with Crippen LogP contribution in [0.15, 0.2) is 41.2 Å². The second kappa shape index (κ2) is 14.5. The number of likely N-dealkylation sites (tertiary alicyclic amines) is 2. The van der Waals surface area contributed by atoms with Crippen LogP contribution in [0.5, 0.6) is 0 Å². The highest BCUT2D eigenvalue weighted by Crippen LogP contribution is 2.40. The molecule has 4 heterocycles. The molecule has 260 valence electrons. The molecule has 0 radical (unpaired) electrons. The fourth-order valence-electron chi connectivity index (χ4n) is 8.10. The minimum absolute atomic E-state index is 0.0349. The molecule has 1 aromatic heterocycles. The van der Waals surface area contributed by atoms with Gasteiger partial charge in [-0.3, -0.25) is 14.2 Å². The van der Waals surface area contributed by atoms with Crippen molar-refractivity contribution in [1.82, 2.24) is 24.7 Å². The van der Waals surface area contributed by atoms with Crippen molar-refractivity contribution in [2.24, 2.45) is 17.8 Å². The number of carbonyl (C=O) groups is 2. The number of fused-ring (bicyclic) bond motifs is 1. The van der Waals surface area contributed by atoms with E-state index in [2.05, 4.69) is 15.6 Å². The van der Waals surface area contributed by atoms with Crippen molar-refractivity contribution >= 4 is 40.1 Å². The smallest absolute Gasteiger partial charge is 0.386 e. The van der Waals surface area contributed by atoms with Gasteiger partial charge in [0.2, 0.25) is 11.8 Å². The summed E-state index contributed by atoms with van der Waals surface area (Å²) in [4.78, 5) is 47.0. The number of imidazole rings is 1. The van der Waals surface area contributed by atoms with Crippen LogP contribution in [0.1, 0.15) is 62.1 Å². The third-order valence-electron chi connectivity index (χ3n) is 10.7. The van der Waals surface area contributed by atoms with Crippen molar-refractivity contribution < 1.29 is 22.8 Å². The normalized spacial score (nSPS) is 19.5. The Labute approximate surface area is 283 Å². The first-order valence-electron chi connectivity index (χ1n) is 17.1. The molecule has 0 saturated carbocycles.